The minimum atomic E-state index is -0.251. The summed E-state index contributed by atoms with van der Waals surface area (Å²) in [5.74, 6) is -0.234. The molecule has 1 aliphatic heterocycles. The zero-order chi connectivity index (χ0) is 19.9. The van der Waals surface area contributed by atoms with Gasteiger partial charge in [-0.25, -0.2) is 4.98 Å². The van der Waals surface area contributed by atoms with Crippen molar-refractivity contribution in [2.45, 2.75) is 13.5 Å². The molecule has 0 spiro atoms. The Morgan fingerprint density at radius 3 is 2.68 bits per heavy atom. The summed E-state index contributed by atoms with van der Waals surface area (Å²) in [7, 11) is 0. The fourth-order valence-electron chi connectivity index (χ4n) is 3.05. The monoisotopic (exact) mass is 399 g/mol. The van der Waals surface area contributed by atoms with Gasteiger partial charge in [-0.15, -0.1) is 11.3 Å². The van der Waals surface area contributed by atoms with Gasteiger partial charge in [0.1, 0.15) is 0 Å². The number of benzene rings is 1. The summed E-state index contributed by atoms with van der Waals surface area (Å²) in [6, 6.07) is 7.83. The first-order valence-corrected chi connectivity index (χ1v) is 10.0. The molecular formula is C20H25N5O2S. The van der Waals surface area contributed by atoms with Gasteiger partial charge < -0.3 is 5.32 Å². The second-order valence-electron chi connectivity index (χ2n) is 6.80. The van der Waals surface area contributed by atoms with Gasteiger partial charge >= 0.3 is 0 Å². The van der Waals surface area contributed by atoms with E-state index in [1.807, 2.05) is 31.2 Å². The van der Waals surface area contributed by atoms with Crippen molar-refractivity contribution in [2.75, 3.05) is 43.4 Å². The predicted molar refractivity (Wildman–Crippen MR) is 112 cm³/mol. The molecular weight excluding hydrogens is 374 g/mol. The van der Waals surface area contributed by atoms with Crippen LogP contribution in [0.15, 0.2) is 43.1 Å². The van der Waals surface area contributed by atoms with Crippen LogP contribution in [0.4, 0.5) is 10.8 Å². The third kappa shape index (κ3) is 5.98. The third-order valence-electron chi connectivity index (χ3n) is 4.48. The van der Waals surface area contributed by atoms with E-state index in [-0.39, 0.29) is 11.8 Å². The number of aromatic nitrogens is 1. The number of hydrogen-bond donors (Lipinski definition) is 2. The van der Waals surface area contributed by atoms with Crippen LogP contribution in [0.2, 0.25) is 0 Å². The van der Waals surface area contributed by atoms with E-state index in [1.54, 1.807) is 6.20 Å². The number of carbonyl (C=O) groups is 2. The Hall–Kier alpha value is -2.55. The van der Waals surface area contributed by atoms with Gasteiger partial charge in [-0.05, 0) is 30.7 Å². The van der Waals surface area contributed by atoms with Gasteiger partial charge in [0.15, 0.2) is 5.13 Å². The summed E-state index contributed by atoms with van der Waals surface area (Å²) >= 11 is 1.47. The maximum Gasteiger partial charge on any atom is 0.249 e. The van der Waals surface area contributed by atoms with Gasteiger partial charge in [0.25, 0.3) is 0 Å². The Kier molecular flexibility index (Phi) is 6.91. The van der Waals surface area contributed by atoms with Crippen molar-refractivity contribution in [3.05, 3.63) is 53.6 Å². The smallest absolute Gasteiger partial charge is 0.249 e. The summed E-state index contributed by atoms with van der Waals surface area (Å²) in [5, 5.41) is 6.23. The molecule has 1 fully saturated rings. The molecule has 1 aromatic carbocycles. The van der Waals surface area contributed by atoms with E-state index in [0.29, 0.717) is 11.7 Å². The number of nitrogens with one attached hydrogen (secondary N) is 2. The Bertz CT molecular complexity index is 843. The summed E-state index contributed by atoms with van der Waals surface area (Å²) in [6.07, 6.45) is 3.03. The highest BCUT2D eigenvalue weighted by Gasteiger charge is 2.20. The van der Waals surface area contributed by atoms with Crippen LogP contribution in [0.1, 0.15) is 10.4 Å². The second-order valence-corrected chi connectivity index (χ2v) is 7.91. The normalized spacial score (nSPS) is 15.2. The molecule has 0 saturated carbocycles. The van der Waals surface area contributed by atoms with E-state index in [9.17, 15) is 9.59 Å². The van der Waals surface area contributed by atoms with Crippen LogP contribution in [0.25, 0.3) is 0 Å². The number of anilines is 2. The maximum atomic E-state index is 12.3. The Labute approximate surface area is 169 Å². The Balaban J connectivity index is 1.41. The van der Waals surface area contributed by atoms with Crippen LogP contribution in [0.5, 0.6) is 0 Å². The molecule has 0 aliphatic carbocycles. The van der Waals surface area contributed by atoms with Gasteiger partial charge in [0.2, 0.25) is 11.8 Å². The van der Waals surface area contributed by atoms with Crippen molar-refractivity contribution in [2.24, 2.45) is 0 Å². The van der Waals surface area contributed by atoms with Crippen LogP contribution in [0.3, 0.4) is 0 Å². The lowest BCUT2D eigenvalue weighted by atomic mass is 10.2. The SMILES string of the molecule is C=CC(=O)Nc1ncc(CN2CCN(CC(=O)Nc3cccc(C)c3)CC2)s1. The number of carbonyl (C=O) groups excluding carboxylic acids is 2. The molecule has 7 nitrogen and oxygen atoms in total. The molecule has 0 radical (unpaired) electrons. The average molecular weight is 400 g/mol. The average Bonchev–Trinajstić information content (AvgIpc) is 3.10. The van der Waals surface area contributed by atoms with Crippen LogP contribution >= 0.6 is 11.3 Å². The van der Waals surface area contributed by atoms with Crippen LogP contribution in [0, 0.1) is 6.92 Å². The first-order chi connectivity index (χ1) is 13.5. The van der Waals surface area contributed by atoms with E-state index in [2.05, 4.69) is 32.0 Å². The predicted octanol–water partition coefficient (Wildman–Crippen LogP) is 2.33. The van der Waals surface area contributed by atoms with Gasteiger partial charge in [-0.2, -0.15) is 0 Å². The molecule has 0 bridgehead atoms. The van der Waals surface area contributed by atoms with Gasteiger partial charge in [0, 0.05) is 49.5 Å². The molecule has 148 valence electrons. The molecule has 0 unspecified atom stereocenters. The Morgan fingerprint density at radius 2 is 1.96 bits per heavy atom. The first-order valence-electron chi connectivity index (χ1n) is 9.21. The minimum Gasteiger partial charge on any atom is -0.325 e. The lowest BCUT2D eigenvalue weighted by molar-refractivity contribution is -0.117. The number of nitrogens with zero attached hydrogens (tertiary/aromatic N) is 3. The molecule has 28 heavy (non-hydrogen) atoms. The number of aryl methyl sites for hydroxylation is 1. The molecule has 1 aromatic heterocycles. The molecule has 2 aromatic rings. The lowest BCUT2D eigenvalue weighted by Gasteiger charge is -2.33. The molecule has 2 N–H and O–H groups in total. The quantitative estimate of drug-likeness (QED) is 0.699. The molecule has 1 saturated heterocycles. The number of piperazine rings is 1. The largest absolute Gasteiger partial charge is 0.325 e. The van der Waals surface area contributed by atoms with Crippen molar-refractivity contribution >= 4 is 34.0 Å². The van der Waals surface area contributed by atoms with Crippen molar-refractivity contribution < 1.29 is 9.59 Å². The third-order valence-corrected chi connectivity index (χ3v) is 5.38. The van der Waals surface area contributed by atoms with E-state index in [0.717, 1.165) is 48.9 Å². The number of amides is 2. The van der Waals surface area contributed by atoms with Crippen molar-refractivity contribution in [3.8, 4) is 0 Å². The highest BCUT2D eigenvalue weighted by Crippen LogP contribution is 2.20. The van der Waals surface area contributed by atoms with Crippen molar-refractivity contribution in [3.63, 3.8) is 0 Å². The topological polar surface area (TPSA) is 77.6 Å². The summed E-state index contributed by atoms with van der Waals surface area (Å²) in [5.41, 5.74) is 1.97. The fraction of sp³-hybridized carbons (Fsp3) is 0.350. The summed E-state index contributed by atoms with van der Waals surface area (Å²) < 4.78 is 0. The van der Waals surface area contributed by atoms with E-state index in [1.165, 1.54) is 17.4 Å². The first kappa shape index (κ1) is 20.2. The van der Waals surface area contributed by atoms with E-state index >= 15 is 0 Å². The van der Waals surface area contributed by atoms with Crippen LogP contribution in [-0.2, 0) is 16.1 Å². The lowest BCUT2D eigenvalue weighted by Crippen LogP contribution is -2.48. The van der Waals surface area contributed by atoms with Crippen molar-refractivity contribution in [1.82, 2.24) is 14.8 Å². The Morgan fingerprint density at radius 1 is 1.21 bits per heavy atom. The number of hydrogen-bond acceptors (Lipinski definition) is 6. The molecule has 2 heterocycles. The second kappa shape index (κ2) is 9.59. The highest BCUT2D eigenvalue weighted by molar-refractivity contribution is 7.15. The molecule has 1 aliphatic rings. The maximum absolute atomic E-state index is 12.3. The molecule has 0 atom stereocenters. The zero-order valence-corrected chi connectivity index (χ0v) is 16.8. The van der Waals surface area contributed by atoms with Gasteiger partial charge in [0.05, 0.1) is 6.54 Å². The van der Waals surface area contributed by atoms with E-state index < -0.39 is 0 Å². The molecule has 3 rings (SSSR count). The fourth-order valence-corrected chi connectivity index (χ4v) is 3.91. The highest BCUT2D eigenvalue weighted by atomic mass is 32.1. The van der Waals surface area contributed by atoms with Gasteiger partial charge in [-0.1, -0.05) is 18.7 Å². The number of thiazole rings is 1. The van der Waals surface area contributed by atoms with Gasteiger partial charge in [-0.3, -0.25) is 24.7 Å². The molecule has 8 heteroatoms. The standard InChI is InChI=1S/C20H25N5O2S/c1-3-18(26)23-20-21-12-17(28-20)13-24-7-9-25(10-8-24)14-19(27)22-16-6-4-5-15(2)11-16/h3-6,11-12H,1,7-10,13-14H2,2H3,(H,22,27)(H,21,23,26). The molecule has 2 amide bonds. The minimum absolute atomic E-state index is 0.0177. The van der Waals surface area contributed by atoms with Crippen LogP contribution in [-0.4, -0.2) is 59.3 Å². The van der Waals surface area contributed by atoms with Crippen LogP contribution < -0.4 is 10.6 Å². The number of rotatable bonds is 7. The zero-order valence-electron chi connectivity index (χ0n) is 16.0. The van der Waals surface area contributed by atoms with Crippen molar-refractivity contribution in [1.29, 1.82) is 0 Å². The summed E-state index contributed by atoms with van der Waals surface area (Å²) in [4.78, 5) is 33.4. The summed E-state index contributed by atoms with van der Waals surface area (Å²) in [6.45, 7) is 10.1. The van der Waals surface area contributed by atoms with E-state index in [4.69, 9.17) is 0 Å².